The lowest BCUT2D eigenvalue weighted by Gasteiger charge is -2.37. The van der Waals surface area contributed by atoms with Crippen LogP contribution in [-0.4, -0.2) is 28.9 Å². The second kappa shape index (κ2) is 9.96. The number of carbonyl (C=O) groups excluding carboxylic acids is 1. The average Bonchev–Trinajstić information content (AvgIpc) is 2.97. The lowest BCUT2D eigenvalue weighted by molar-refractivity contribution is -0.671. The number of piperidine rings is 1. The highest BCUT2D eigenvalue weighted by Gasteiger charge is 2.36. The van der Waals surface area contributed by atoms with Gasteiger partial charge in [0.15, 0.2) is 12.4 Å². The highest BCUT2D eigenvalue weighted by Crippen LogP contribution is 2.46. The molecule has 0 saturated carbocycles. The van der Waals surface area contributed by atoms with Gasteiger partial charge in [0, 0.05) is 51.9 Å². The van der Waals surface area contributed by atoms with Crippen molar-refractivity contribution in [2.75, 3.05) is 13.1 Å². The molecule has 0 N–H and O–H groups in total. The molecule has 2 aliphatic rings. The predicted molar refractivity (Wildman–Crippen MR) is 138 cm³/mol. The summed E-state index contributed by atoms with van der Waals surface area (Å²) in [5, 5.41) is 1.40. The van der Waals surface area contributed by atoms with Gasteiger partial charge in [-0.1, -0.05) is 23.2 Å². The number of carbonyl (C=O) groups is 1. The quantitative estimate of drug-likeness (QED) is 0.387. The van der Waals surface area contributed by atoms with E-state index >= 15 is 0 Å². The standard InChI is InChI=1S/C27H27BrCl2N3O/c1-32-8-4-17(5-9-32)12-24(34)33-10-6-18(7-11-33)26-25-19(14-22(29)15-23(25)30)2-3-20-13-21(28)16-31-27(20)26/h4-5,8-9,13-16,18,26H,2-3,6-7,10-12H2,1H3/q+1/t26-/m1/s1. The minimum atomic E-state index is 0.108. The smallest absolute Gasteiger partial charge is 0.226 e. The average molecular weight is 560 g/mol. The molecular formula is C27H27BrCl2N3O+. The number of likely N-dealkylation sites (tertiary alicyclic amines) is 1. The first kappa shape index (κ1) is 23.8. The summed E-state index contributed by atoms with van der Waals surface area (Å²) < 4.78 is 2.97. The first-order chi connectivity index (χ1) is 16.4. The first-order valence-corrected chi connectivity index (χ1v) is 13.3. The number of benzene rings is 1. The van der Waals surface area contributed by atoms with E-state index in [0.29, 0.717) is 17.4 Å². The van der Waals surface area contributed by atoms with Crippen molar-refractivity contribution in [3.8, 4) is 0 Å². The topological polar surface area (TPSA) is 37.1 Å². The normalized spacial score (nSPS) is 18.2. The molecule has 0 bridgehead atoms. The summed E-state index contributed by atoms with van der Waals surface area (Å²) in [6.45, 7) is 1.51. The number of aryl methyl sites for hydroxylation is 3. The Labute approximate surface area is 219 Å². The summed E-state index contributed by atoms with van der Waals surface area (Å²) in [6.07, 6.45) is 9.96. The maximum Gasteiger partial charge on any atom is 0.226 e. The van der Waals surface area contributed by atoms with Crippen LogP contribution in [0.2, 0.25) is 10.0 Å². The van der Waals surface area contributed by atoms with Crippen LogP contribution in [0.25, 0.3) is 0 Å². The van der Waals surface area contributed by atoms with Gasteiger partial charge in [-0.2, -0.15) is 0 Å². The van der Waals surface area contributed by atoms with E-state index < -0.39 is 0 Å². The van der Waals surface area contributed by atoms with Gasteiger partial charge in [-0.25, -0.2) is 4.57 Å². The van der Waals surface area contributed by atoms with Crippen molar-refractivity contribution in [1.82, 2.24) is 9.88 Å². The van der Waals surface area contributed by atoms with E-state index in [1.165, 1.54) is 16.7 Å². The second-order valence-electron chi connectivity index (χ2n) is 9.40. The van der Waals surface area contributed by atoms with E-state index in [1.807, 2.05) is 53.3 Å². The third-order valence-electron chi connectivity index (χ3n) is 7.18. The molecule has 7 heteroatoms. The van der Waals surface area contributed by atoms with Crippen molar-refractivity contribution >= 4 is 45.0 Å². The van der Waals surface area contributed by atoms with E-state index in [1.54, 1.807) is 0 Å². The van der Waals surface area contributed by atoms with E-state index in [-0.39, 0.29) is 11.8 Å². The number of nitrogens with zero attached hydrogens (tertiary/aromatic N) is 3. The van der Waals surface area contributed by atoms with Gasteiger partial charge < -0.3 is 4.90 Å². The van der Waals surface area contributed by atoms with E-state index in [2.05, 4.69) is 28.1 Å². The van der Waals surface area contributed by atoms with Crippen LogP contribution in [0.1, 0.15) is 46.7 Å². The molecule has 4 nitrogen and oxygen atoms in total. The molecule has 1 atom stereocenters. The number of amides is 1. The van der Waals surface area contributed by atoms with Gasteiger partial charge in [-0.3, -0.25) is 9.78 Å². The molecule has 3 heterocycles. The van der Waals surface area contributed by atoms with Gasteiger partial charge in [0.1, 0.15) is 7.05 Å². The fourth-order valence-electron chi connectivity index (χ4n) is 5.45. The monoisotopic (exact) mass is 558 g/mol. The van der Waals surface area contributed by atoms with Gasteiger partial charge in [0.2, 0.25) is 5.91 Å². The van der Waals surface area contributed by atoms with Crippen LogP contribution < -0.4 is 4.57 Å². The van der Waals surface area contributed by atoms with Gasteiger partial charge in [0.25, 0.3) is 0 Å². The summed E-state index contributed by atoms with van der Waals surface area (Å²) in [6, 6.07) is 10.1. The van der Waals surface area contributed by atoms with Crippen molar-refractivity contribution in [3.05, 3.63) is 91.4 Å². The molecule has 3 aromatic rings. The first-order valence-electron chi connectivity index (χ1n) is 11.7. The Morgan fingerprint density at radius 3 is 2.56 bits per heavy atom. The van der Waals surface area contributed by atoms with Crippen molar-refractivity contribution in [2.24, 2.45) is 13.0 Å². The van der Waals surface area contributed by atoms with Crippen molar-refractivity contribution < 1.29 is 9.36 Å². The SMILES string of the molecule is C[n+]1ccc(CC(=O)N2CCC([C@H]3c4ncc(Br)cc4CCc4cc(Cl)cc(Cl)c43)CC2)cc1. The van der Waals surface area contributed by atoms with Crippen LogP contribution in [0.4, 0.5) is 0 Å². The summed E-state index contributed by atoms with van der Waals surface area (Å²) in [5.41, 5.74) is 5.82. The molecule has 1 fully saturated rings. The van der Waals surface area contributed by atoms with Crippen LogP contribution in [-0.2, 0) is 31.1 Å². The molecule has 5 rings (SSSR count). The maximum atomic E-state index is 13.0. The highest BCUT2D eigenvalue weighted by molar-refractivity contribution is 9.10. The Morgan fingerprint density at radius 2 is 1.82 bits per heavy atom. The zero-order valence-corrected chi connectivity index (χ0v) is 22.2. The molecule has 0 unspecified atom stereocenters. The van der Waals surface area contributed by atoms with Crippen molar-refractivity contribution in [1.29, 1.82) is 0 Å². The molecule has 1 amide bonds. The maximum absolute atomic E-state index is 13.0. The molecule has 2 aromatic heterocycles. The number of halogens is 3. The summed E-state index contributed by atoms with van der Waals surface area (Å²) >= 11 is 16.8. The minimum absolute atomic E-state index is 0.108. The molecule has 0 spiro atoms. The van der Waals surface area contributed by atoms with Crippen molar-refractivity contribution in [2.45, 2.75) is 38.0 Å². The summed E-state index contributed by atoms with van der Waals surface area (Å²) in [5.74, 6) is 0.667. The molecule has 1 aliphatic heterocycles. The number of rotatable bonds is 3. The number of aromatic nitrogens is 2. The lowest BCUT2D eigenvalue weighted by atomic mass is 9.76. The Balaban J connectivity index is 1.40. The van der Waals surface area contributed by atoms with E-state index in [9.17, 15) is 4.79 Å². The largest absolute Gasteiger partial charge is 0.342 e. The molecule has 1 saturated heterocycles. The van der Waals surface area contributed by atoms with Gasteiger partial charge in [0.05, 0.1) is 12.1 Å². The fraction of sp³-hybridized carbons (Fsp3) is 0.370. The molecule has 0 radical (unpaired) electrons. The van der Waals surface area contributed by atoms with Gasteiger partial charge >= 0.3 is 0 Å². The number of hydrogen-bond acceptors (Lipinski definition) is 2. The van der Waals surface area contributed by atoms with Gasteiger partial charge in [-0.05, 0) is 88.0 Å². The van der Waals surface area contributed by atoms with Crippen LogP contribution in [0.15, 0.2) is 53.4 Å². The minimum Gasteiger partial charge on any atom is -0.342 e. The third-order valence-corrected chi connectivity index (χ3v) is 8.15. The van der Waals surface area contributed by atoms with Crippen molar-refractivity contribution in [3.63, 3.8) is 0 Å². The predicted octanol–water partition coefficient (Wildman–Crippen LogP) is 5.69. The Kier molecular flexibility index (Phi) is 6.97. The fourth-order valence-corrected chi connectivity index (χ4v) is 6.48. The van der Waals surface area contributed by atoms with E-state index in [4.69, 9.17) is 28.2 Å². The number of hydrogen-bond donors (Lipinski definition) is 0. The van der Waals surface area contributed by atoms with Crippen LogP contribution >= 0.6 is 39.1 Å². The number of pyridine rings is 2. The number of fused-ring (bicyclic) bond motifs is 2. The Hall–Kier alpha value is -1.95. The Bertz CT molecular complexity index is 1220. The van der Waals surface area contributed by atoms with Crippen LogP contribution in [0.3, 0.4) is 0 Å². The lowest BCUT2D eigenvalue weighted by Crippen LogP contribution is -2.41. The molecule has 34 heavy (non-hydrogen) atoms. The third kappa shape index (κ3) is 4.89. The van der Waals surface area contributed by atoms with E-state index in [0.717, 1.165) is 59.5 Å². The molecule has 1 aromatic carbocycles. The molecule has 176 valence electrons. The van der Waals surface area contributed by atoms with Crippen LogP contribution in [0, 0.1) is 5.92 Å². The molecular weight excluding hydrogens is 533 g/mol. The zero-order chi connectivity index (χ0) is 23.8. The van der Waals surface area contributed by atoms with Crippen LogP contribution in [0.5, 0.6) is 0 Å². The summed E-state index contributed by atoms with van der Waals surface area (Å²) in [4.78, 5) is 19.9. The zero-order valence-electron chi connectivity index (χ0n) is 19.1. The second-order valence-corrected chi connectivity index (χ2v) is 11.2. The molecule has 1 aliphatic carbocycles. The Morgan fingerprint density at radius 1 is 1.12 bits per heavy atom. The highest BCUT2D eigenvalue weighted by atomic mass is 79.9. The summed E-state index contributed by atoms with van der Waals surface area (Å²) in [7, 11) is 1.98. The van der Waals surface area contributed by atoms with Gasteiger partial charge in [-0.15, -0.1) is 0 Å².